The van der Waals surface area contributed by atoms with Crippen LogP contribution in [0, 0.1) is 11.5 Å². The number of nitrogens with zero attached hydrogens (tertiary/aromatic N) is 1. The van der Waals surface area contributed by atoms with E-state index in [2.05, 4.69) is 11.3 Å². The maximum Gasteiger partial charge on any atom is 0.291 e. The minimum atomic E-state index is 0.686. The van der Waals surface area contributed by atoms with Crippen molar-refractivity contribution in [1.82, 2.24) is 0 Å². The molecule has 0 unspecified atom stereocenters. The molecule has 0 saturated carbocycles. The van der Waals surface area contributed by atoms with E-state index in [1.807, 2.05) is 30.3 Å². The molecule has 2 heteroatoms. The summed E-state index contributed by atoms with van der Waals surface area (Å²) in [5, 5.41) is 8.29. The molecule has 1 rings (SSSR count). The second kappa shape index (κ2) is 5.60. The summed E-state index contributed by atoms with van der Waals surface area (Å²) in [6.07, 6.45) is 5.53. The average Bonchev–Trinajstić information content (AvgIpc) is 2.25. The molecule has 0 bridgehead atoms. The minimum Gasteiger partial charge on any atom is -0.396 e. The van der Waals surface area contributed by atoms with Gasteiger partial charge in [-0.2, -0.15) is 0 Å². The molecule has 0 atom stereocenters. The fourth-order valence-electron chi connectivity index (χ4n) is 1.14. The van der Waals surface area contributed by atoms with Gasteiger partial charge < -0.3 is 4.74 Å². The second-order valence-corrected chi connectivity index (χ2v) is 2.71. The summed E-state index contributed by atoms with van der Waals surface area (Å²) in [6.45, 7) is 3.65. The third kappa shape index (κ3) is 2.80. The number of allylic oxidation sites excluding steroid dienone is 2. The van der Waals surface area contributed by atoms with Crippen LogP contribution in [0.15, 0.2) is 49.2 Å². The summed E-state index contributed by atoms with van der Waals surface area (Å²) < 4.78 is 4.60. The number of benzene rings is 1. The van der Waals surface area contributed by atoms with Crippen molar-refractivity contribution in [2.75, 3.05) is 0 Å². The average molecular weight is 185 g/mol. The van der Waals surface area contributed by atoms with Crippen molar-refractivity contribution in [2.24, 2.45) is 0 Å². The number of ether oxygens (including phenoxy) is 1. The molecular weight excluding hydrogens is 174 g/mol. The molecule has 0 heterocycles. The van der Waals surface area contributed by atoms with Crippen molar-refractivity contribution in [3.63, 3.8) is 0 Å². The van der Waals surface area contributed by atoms with Gasteiger partial charge in [0.25, 0.3) is 6.26 Å². The molecule has 0 saturated heterocycles. The summed E-state index contributed by atoms with van der Waals surface area (Å²) in [6, 6.07) is 9.77. The van der Waals surface area contributed by atoms with E-state index in [1.165, 1.54) is 6.26 Å². The van der Waals surface area contributed by atoms with Crippen LogP contribution in [0.1, 0.15) is 12.0 Å². The quantitative estimate of drug-likeness (QED) is 0.410. The molecule has 2 nitrogen and oxygen atoms in total. The lowest BCUT2D eigenvalue weighted by Gasteiger charge is -2.02. The zero-order valence-corrected chi connectivity index (χ0v) is 7.81. The molecule has 0 radical (unpaired) electrons. The lowest BCUT2D eigenvalue weighted by atomic mass is 10.0. The van der Waals surface area contributed by atoms with Gasteiger partial charge in [0.05, 0.1) is 0 Å². The summed E-state index contributed by atoms with van der Waals surface area (Å²) in [7, 11) is 0. The van der Waals surface area contributed by atoms with Gasteiger partial charge in [-0.1, -0.05) is 36.4 Å². The van der Waals surface area contributed by atoms with E-state index in [4.69, 9.17) is 5.26 Å². The van der Waals surface area contributed by atoms with Gasteiger partial charge in [0.15, 0.2) is 0 Å². The van der Waals surface area contributed by atoms with Gasteiger partial charge in [-0.05, 0) is 17.6 Å². The van der Waals surface area contributed by atoms with Gasteiger partial charge >= 0.3 is 0 Å². The van der Waals surface area contributed by atoms with E-state index in [0.717, 1.165) is 11.1 Å². The summed E-state index contributed by atoms with van der Waals surface area (Å²) in [5.41, 5.74) is 1.99. The lowest BCUT2D eigenvalue weighted by Crippen LogP contribution is -1.83. The zero-order chi connectivity index (χ0) is 10.2. The SMILES string of the molecule is C=CCC(=COC#N)c1ccccc1. The van der Waals surface area contributed by atoms with Crippen molar-refractivity contribution in [3.05, 3.63) is 54.8 Å². The third-order valence-corrected chi connectivity index (χ3v) is 1.76. The normalized spacial score (nSPS) is 10.4. The molecule has 0 amide bonds. The van der Waals surface area contributed by atoms with Crippen LogP contribution in [0.25, 0.3) is 5.57 Å². The standard InChI is InChI=1S/C12H11NO/c1-2-6-12(9-14-10-13)11-7-4-3-5-8-11/h2-5,7-9H,1,6H2. The van der Waals surface area contributed by atoms with Crippen molar-refractivity contribution in [1.29, 1.82) is 5.26 Å². The van der Waals surface area contributed by atoms with Crippen molar-refractivity contribution in [2.45, 2.75) is 6.42 Å². The van der Waals surface area contributed by atoms with Crippen LogP contribution in [0.2, 0.25) is 0 Å². The highest BCUT2D eigenvalue weighted by atomic mass is 16.5. The molecule has 0 N–H and O–H groups in total. The van der Waals surface area contributed by atoms with Gasteiger partial charge in [-0.3, -0.25) is 0 Å². The van der Waals surface area contributed by atoms with Crippen LogP contribution >= 0.6 is 0 Å². The van der Waals surface area contributed by atoms with Gasteiger partial charge in [0.2, 0.25) is 0 Å². The first-order valence-electron chi connectivity index (χ1n) is 4.28. The van der Waals surface area contributed by atoms with Crippen LogP contribution in [0.5, 0.6) is 0 Å². The van der Waals surface area contributed by atoms with Gasteiger partial charge in [-0.25, -0.2) is 0 Å². The predicted octanol–water partition coefficient (Wildman–Crippen LogP) is 3.10. The summed E-state index contributed by atoms with van der Waals surface area (Å²) in [5.74, 6) is 0. The van der Waals surface area contributed by atoms with Gasteiger partial charge in [-0.15, -0.1) is 11.8 Å². The topological polar surface area (TPSA) is 33.0 Å². The van der Waals surface area contributed by atoms with E-state index < -0.39 is 0 Å². The Balaban J connectivity index is 2.89. The monoisotopic (exact) mass is 185 g/mol. The Morgan fingerprint density at radius 1 is 1.43 bits per heavy atom. The fourth-order valence-corrected chi connectivity index (χ4v) is 1.14. The van der Waals surface area contributed by atoms with Crippen LogP contribution < -0.4 is 0 Å². The molecular formula is C12H11NO. The van der Waals surface area contributed by atoms with E-state index in [9.17, 15) is 0 Å². The van der Waals surface area contributed by atoms with Crippen LogP contribution in [-0.2, 0) is 4.74 Å². The molecule has 14 heavy (non-hydrogen) atoms. The summed E-state index contributed by atoms with van der Waals surface area (Å²) >= 11 is 0. The first-order valence-corrected chi connectivity index (χ1v) is 4.28. The first-order chi connectivity index (χ1) is 6.88. The molecule has 0 aromatic heterocycles. The first kappa shape index (κ1) is 10.1. The molecule has 0 aliphatic rings. The van der Waals surface area contributed by atoms with Crippen LogP contribution in [0.3, 0.4) is 0 Å². The lowest BCUT2D eigenvalue weighted by molar-refractivity contribution is 0.430. The Kier molecular flexibility index (Phi) is 4.03. The Hall–Kier alpha value is -2.01. The third-order valence-electron chi connectivity index (χ3n) is 1.76. The largest absolute Gasteiger partial charge is 0.396 e. The molecule has 0 aliphatic heterocycles. The van der Waals surface area contributed by atoms with Crippen molar-refractivity contribution >= 4 is 5.57 Å². The number of hydrogen-bond donors (Lipinski definition) is 0. The van der Waals surface area contributed by atoms with Crippen molar-refractivity contribution < 1.29 is 4.74 Å². The maximum atomic E-state index is 8.29. The van der Waals surface area contributed by atoms with Crippen molar-refractivity contribution in [3.8, 4) is 6.26 Å². The molecule has 1 aromatic carbocycles. The highest BCUT2D eigenvalue weighted by molar-refractivity contribution is 5.65. The Labute approximate surface area is 83.7 Å². The Morgan fingerprint density at radius 2 is 2.14 bits per heavy atom. The number of nitriles is 1. The second-order valence-electron chi connectivity index (χ2n) is 2.71. The van der Waals surface area contributed by atoms with E-state index in [1.54, 1.807) is 12.3 Å². The smallest absolute Gasteiger partial charge is 0.291 e. The molecule has 1 aromatic rings. The Bertz CT molecular complexity index is 360. The minimum absolute atomic E-state index is 0.686. The van der Waals surface area contributed by atoms with Gasteiger partial charge in [0.1, 0.15) is 6.26 Å². The van der Waals surface area contributed by atoms with Gasteiger partial charge in [0, 0.05) is 0 Å². The zero-order valence-electron chi connectivity index (χ0n) is 7.81. The maximum absolute atomic E-state index is 8.29. The summed E-state index contributed by atoms with van der Waals surface area (Å²) in [4.78, 5) is 0. The molecule has 0 spiro atoms. The highest BCUT2D eigenvalue weighted by Gasteiger charge is 1.98. The highest BCUT2D eigenvalue weighted by Crippen LogP contribution is 2.17. The molecule has 0 fully saturated rings. The van der Waals surface area contributed by atoms with Crippen LogP contribution in [-0.4, -0.2) is 0 Å². The predicted molar refractivity (Wildman–Crippen MR) is 55.9 cm³/mol. The van der Waals surface area contributed by atoms with Crippen LogP contribution in [0.4, 0.5) is 0 Å². The fraction of sp³-hybridized carbons (Fsp3) is 0.0833. The van der Waals surface area contributed by atoms with E-state index >= 15 is 0 Å². The Morgan fingerprint density at radius 3 is 2.71 bits per heavy atom. The number of rotatable bonds is 4. The molecule has 70 valence electrons. The van der Waals surface area contributed by atoms with E-state index in [-0.39, 0.29) is 0 Å². The molecule has 0 aliphatic carbocycles. The number of hydrogen-bond acceptors (Lipinski definition) is 2. The van der Waals surface area contributed by atoms with E-state index in [0.29, 0.717) is 6.42 Å².